The van der Waals surface area contributed by atoms with Crippen molar-refractivity contribution in [3.63, 3.8) is 0 Å². The third-order valence-corrected chi connectivity index (χ3v) is 5.30. The fourth-order valence-electron chi connectivity index (χ4n) is 3.19. The molecule has 0 atom stereocenters. The van der Waals surface area contributed by atoms with Crippen LogP contribution in [0.5, 0.6) is 11.5 Å². The van der Waals surface area contributed by atoms with Crippen molar-refractivity contribution in [2.24, 2.45) is 0 Å². The van der Waals surface area contributed by atoms with Crippen LogP contribution in [0.15, 0.2) is 53.3 Å². The number of aromatic nitrogens is 1. The number of ether oxygens (including phenoxy) is 2. The number of likely N-dealkylation sites (N-methyl/N-ethyl adjacent to an activating group) is 1. The zero-order valence-electron chi connectivity index (χ0n) is 18.3. The number of nitrogens with zero attached hydrogens (tertiary/aromatic N) is 2. The van der Waals surface area contributed by atoms with Gasteiger partial charge in [-0.3, -0.25) is 4.79 Å². The van der Waals surface area contributed by atoms with Crippen molar-refractivity contribution in [3.05, 3.63) is 64.4 Å². The Morgan fingerprint density at radius 1 is 1.06 bits per heavy atom. The van der Waals surface area contributed by atoms with Gasteiger partial charge in [0.1, 0.15) is 11.5 Å². The van der Waals surface area contributed by atoms with Gasteiger partial charge in [0.2, 0.25) is 0 Å². The predicted molar refractivity (Wildman–Crippen MR) is 129 cm³/mol. The molecule has 0 aliphatic heterocycles. The number of pyridine rings is 1. The van der Waals surface area contributed by atoms with E-state index in [2.05, 4.69) is 15.2 Å². The molecule has 0 radical (unpaired) electrons. The van der Waals surface area contributed by atoms with Gasteiger partial charge < -0.3 is 29.6 Å². The molecule has 3 aromatic rings. The summed E-state index contributed by atoms with van der Waals surface area (Å²) in [5.74, 6) is 1.40. The first-order valence-corrected chi connectivity index (χ1v) is 10.4. The summed E-state index contributed by atoms with van der Waals surface area (Å²) < 4.78 is 10.7. The van der Waals surface area contributed by atoms with E-state index in [4.69, 9.17) is 21.7 Å². The summed E-state index contributed by atoms with van der Waals surface area (Å²) in [5, 5.41) is 4.73. The van der Waals surface area contributed by atoms with E-state index in [1.165, 1.54) is 0 Å². The normalized spacial score (nSPS) is 10.9. The number of hydrogen-bond acceptors (Lipinski definition) is 5. The zero-order chi connectivity index (χ0) is 22.4. The molecule has 1 aromatic heterocycles. The Morgan fingerprint density at radius 3 is 2.55 bits per heavy atom. The number of para-hydroxylation sites is 2. The fourth-order valence-corrected chi connectivity index (χ4v) is 3.46. The third kappa shape index (κ3) is 5.74. The molecule has 0 aliphatic carbocycles. The van der Waals surface area contributed by atoms with Crippen molar-refractivity contribution in [2.75, 3.05) is 46.7 Å². The van der Waals surface area contributed by atoms with Gasteiger partial charge in [-0.15, -0.1) is 0 Å². The number of rotatable bonds is 8. The Balaban J connectivity index is 1.87. The molecule has 164 valence electrons. The Kier molecular flexibility index (Phi) is 7.49. The van der Waals surface area contributed by atoms with E-state index in [0.717, 1.165) is 23.1 Å². The van der Waals surface area contributed by atoms with Crippen molar-refractivity contribution in [1.29, 1.82) is 0 Å². The van der Waals surface area contributed by atoms with Crippen LogP contribution in [0.1, 0.15) is 5.56 Å². The summed E-state index contributed by atoms with van der Waals surface area (Å²) >= 11 is 5.70. The van der Waals surface area contributed by atoms with Gasteiger partial charge in [-0.05, 0) is 62.0 Å². The minimum Gasteiger partial charge on any atom is -0.497 e. The second-order valence-electron chi connectivity index (χ2n) is 7.43. The molecule has 0 fully saturated rings. The molecule has 31 heavy (non-hydrogen) atoms. The van der Waals surface area contributed by atoms with E-state index < -0.39 is 0 Å². The maximum absolute atomic E-state index is 12.8. The van der Waals surface area contributed by atoms with Crippen LogP contribution in [0.3, 0.4) is 0 Å². The number of hydrogen-bond donors (Lipinski definition) is 2. The van der Waals surface area contributed by atoms with Crippen molar-refractivity contribution < 1.29 is 9.47 Å². The zero-order valence-corrected chi connectivity index (χ0v) is 19.1. The minimum absolute atomic E-state index is 0.143. The fraction of sp³-hybridized carbons (Fsp3) is 0.304. The molecule has 8 heteroatoms. The predicted octanol–water partition coefficient (Wildman–Crippen LogP) is 3.31. The number of H-pyrrole nitrogens is 1. The average Bonchev–Trinajstić information content (AvgIpc) is 2.76. The number of benzene rings is 2. The number of thiocarbonyl (C=S) groups is 1. The van der Waals surface area contributed by atoms with Crippen LogP contribution in [0, 0.1) is 0 Å². The first kappa shape index (κ1) is 22.6. The van der Waals surface area contributed by atoms with Gasteiger partial charge >= 0.3 is 0 Å². The van der Waals surface area contributed by atoms with Crippen molar-refractivity contribution >= 4 is 33.9 Å². The van der Waals surface area contributed by atoms with Gasteiger partial charge in [0.25, 0.3) is 5.56 Å². The summed E-state index contributed by atoms with van der Waals surface area (Å²) in [4.78, 5) is 19.8. The van der Waals surface area contributed by atoms with E-state index in [9.17, 15) is 4.79 Å². The molecule has 0 aliphatic rings. The molecule has 0 unspecified atom stereocenters. The van der Waals surface area contributed by atoms with Gasteiger partial charge in [0.05, 0.1) is 32.0 Å². The molecular formula is C23H28N4O3S. The largest absolute Gasteiger partial charge is 0.497 e. The lowest BCUT2D eigenvalue weighted by molar-refractivity contribution is 0.327. The van der Waals surface area contributed by atoms with E-state index >= 15 is 0 Å². The summed E-state index contributed by atoms with van der Waals surface area (Å²) in [7, 11) is 7.24. The van der Waals surface area contributed by atoms with Crippen LogP contribution in [0.2, 0.25) is 0 Å². The van der Waals surface area contributed by atoms with Crippen LogP contribution in [-0.2, 0) is 6.54 Å². The Bertz CT molecular complexity index is 1110. The highest BCUT2D eigenvalue weighted by atomic mass is 32.1. The number of nitrogens with one attached hydrogen (secondary N) is 2. The summed E-state index contributed by atoms with van der Waals surface area (Å²) in [6.45, 7) is 1.83. The molecule has 0 bridgehead atoms. The SMILES string of the molecule is COc1ccc2cc(CN(CCN(C)C)C(=S)Nc3ccccc3OC)c(=O)[nH]c2c1. The quantitative estimate of drug-likeness (QED) is 0.521. The number of aromatic amines is 1. The highest BCUT2D eigenvalue weighted by Crippen LogP contribution is 2.24. The molecule has 2 N–H and O–H groups in total. The van der Waals surface area contributed by atoms with Crippen LogP contribution in [0.4, 0.5) is 5.69 Å². The van der Waals surface area contributed by atoms with Gasteiger partial charge in [0, 0.05) is 24.7 Å². The molecule has 0 spiro atoms. The average molecular weight is 441 g/mol. The van der Waals surface area contributed by atoms with E-state index in [1.807, 2.05) is 67.5 Å². The molecule has 7 nitrogen and oxygen atoms in total. The summed E-state index contributed by atoms with van der Waals surface area (Å²) in [5.41, 5.74) is 2.02. The molecule has 0 saturated heterocycles. The molecule has 2 aromatic carbocycles. The van der Waals surface area contributed by atoms with Crippen LogP contribution >= 0.6 is 12.2 Å². The minimum atomic E-state index is -0.143. The first-order valence-electron chi connectivity index (χ1n) is 9.95. The van der Waals surface area contributed by atoms with Crippen molar-refractivity contribution in [2.45, 2.75) is 6.54 Å². The third-order valence-electron chi connectivity index (χ3n) is 4.94. The number of fused-ring (bicyclic) bond motifs is 1. The lowest BCUT2D eigenvalue weighted by Gasteiger charge is -2.27. The van der Waals surface area contributed by atoms with Gasteiger partial charge in [-0.25, -0.2) is 0 Å². The highest BCUT2D eigenvalue weighted by molar-refractivity contribution is 7.80. The monoisotopic (exact) mass is 440 g/mol. The summed E-state index contributed by atoms with van der Waals surface area (Å²) in [6.07, 6.45) is 0. The topological polar surface area (TPSA) is 69.8 Å². The lowest BCUT2D eigenvalue weighted by atomic mass is 10.1. The Labute approximate surface area is 187 Å². The second kappa shape index (κ2) is 10.3. The van der Waals surface area contributed by atoms with E-state index in [1.54, 1.807) is 14.2 Å². The molecular weight excluding hydrogens is 412 g/mol. The van der Waals surface area contributed by atoms with Crippen LogP contribution < -0.4 is 20.3 Å². The number of anilines is 1. The molecule has 3 rings (SSSR count). The maximum Gasteiger partial charge on any atom is 0.253 e. The first-order chi connectivity index (χ1) is 14.9. The van der Waals surface area contributed by atoms with E-state index in [0.29, 0.717) is 35.3 Å². The van der Waals surface area contributed by atoms with E-state index in [-0.39, 0.29) is 5.56 Å². The summed E-state index contributed by atoms with van der Waals surface area (Å²) in [6, 6.07) is 15.1. The Morgan fingerprint density at radius 2 is 1.84 bits per heavy atom. The van der Waals surface area contributed by atoms with Gasteiger partial charge in [0.15, 0.2) is 5.11 Å². The molecule has 0 saturated carbocycles. The van der Waals surface area contributed by atoms with Crippen LogP contribution in [-0.4, -0.2) is 61.3 Å². The maximum atomic E-state index is 12.8. The Hall–Kier alpha value is -3.10. The molecule has 0 amide bonds. The van der Waals surface area contributed by atoms with Crippen molar-refractivity contribution in [3.8, 4) is 11.5 Å². The van der Waals surface area contributed by atoms with Crippen molar-refractivity contribution in [1.82, 2.24) is 14.8 Å². The highest BCUT2D eigenvalue weighted by Gasteiger charge is 2.15. The second-order valence-corrected chi connectivity index (χ2v) is 7.82. The van der Waals surface area contributed by atoms with Crippen LogP contribution in [0.25, 0.3) is 10.9 Å². The number of methoxy groups -OCH3 is 2. The lowest BCUT2D eigenvalue weighted by Crippen LogP contribution is -2.40. The molecule has 1 heterocycles. The standard InChI is InChI=1S/C23H28N4O3S/c1-26(2)11-12-27(23(31)25-19-7-5-6-8-21(19)30-4)15-17-13-16-9-10-18(29-3)14-20(16)24-22(17)28/h5-10,13-14H,11-12,15H2,1-4H3,(H,24,28)(H,25,31). The smallest absolute Gasteiger partial charge is 0.253 e. The van der Waals surface area contributed by atoms with Gasteiger partial charge in [-0.2, -0.15) is 0 Å². The van der Waals surface area contributed by atoms with Gasteiger partial charge in [-0.1, -0.05) is 12.1 Å².